The van der Waals surface area contributed by atoms with Crippen molar-refractivity contribution >= 4 is 5.78 Å². The van der Waals surface area contributed by atoms with Crippen molar-refractivity contribution in [3.05, 3.63) is 35.6 Å². The molecule has 0 radical (unpaired) electrons. The summed E-state index contributed by atoms with van der Waals surface area (Å²) in [7, 11) is 0. The van der Waals surface area contributed by atoms with Gasteiger partial charge in [0.2, 0.25) is 0 Å². The van der Waals surface area contributed by atoms with Gasteiger partial charge >= 0.3 is 0 Å². The first-order chi connectivity index (χ1) is 7.22. The fraction of sp³-hybridized carbons (Fsp3) is 0.417. The molecular weight excluding hydrogens is 193 g/mol. The third kappa shape index (κ3) is 4.70. The number of rotatable bonds is 6. The second kappa shape index (κ2) is 6.30. The Morgan fingerprint density at radius 1 is 1.47 bits per heavy atom. The minimum Gasteiger partial charge on any atom is -0.310 e. The van der Waals surface area contributed by atoms with Crippen LogP contribution in [0.3, 0.4) is 0 Å². The van der Waals surface area contributed by atoms with E-state index in [1.165, 1.54) is 12.1 Å². The van der Waals surface area contributed by atoms with E-state index < -0.39 is 0 Å². The van der Waals surface area contributed by atoms with Crippen LogP contribution in [-0.4, -0.2) is 18.9 Å². The Kier molecular flexibility index (Phi) is 4.98. The Labute approximate surface area is 89.5 Å². The van der Waals surface area contributed by atoms with Gasteiger partial charge < -0.3 is 5.32 Å². The second-order valence-corrected chi connectivity index (χ2v) is 3.52. The van der Waals surface area contributed by atoms with Gasteiger partial charge in [0.25, 0.3) is 0 Å². The molecule has 0 aliphatic heterocycles. The predicted octanol–water partition coefficient (Wildman–Crippen LogP) is 1.94. The number of carbonyl (C=O) groups is 1. The lowest BCUT2D eigenvalue weighted by atomic mass is 10.1. The second-order valence-electron chi connectivity index (χ2n) is 3.52. The van der Waals surface area contributed by atoms with E-state index in [-0.39, 0.29) is 11.6 Å². The van der Waals surface area contributed by atoms with E-state index in [2.05, 4.69) is 5.32 Å². The predicted molar refractivity (Wildman–Crippen MR) is 58.3 cm³/mol. The molecule has 0 amide bonds. The molecule has 0 aliphatic rings. The van der Waals surface area contributed by atoms with Crippen molar-refractivity contribution in [3.8, 4) is 0 Å². The van der Waals surface area contributed by atoms with Crippen molar-refractivity contribution < 1.29 is 9.18 Å². The molecule has 0 heterocycles. The molecule has 0 unspecified atom stereocenters. The Morgan fingerprint density at radius 2 is 2.27 bits per heavy atom. The van der Waals surface area contributed by atoms with Gasteiger partial charge in [-0.05, 0) is 30.7 Å². The number of hydrogen-bond acceptors (Lipinski definition) is 2. The van der Waals surface area contributed by atoms with Crippen LogP contribution in [0.15, 0.2) is 24.3 Å². The number of hydrogen-bond donors (Lipinski definition) is 1. The third-order valence-corrected chi connectivity index (χ3v) is 2.04. The quantitative estimate of drug-likeness (QED) is 0.725. The van der Waals surface area contributed by atoms with Gasteiger partial charge in [-0.1, -0.05) is 19.1 Å². The van der Waals surface area contributed by atoms with E-state index in [4.69, 9.17) is 0 Å². The van der Waals surface area contributed by atoms with Crippen LogP contribution < -0.4 is 5.32 Å². The van der Waals surface area contributed by atoms with Gasteiger partial charge in [0.15, 0.2) is 5.78 Å². The molecule has 0 bridgehead atoms. The first-order valence-electron chi connectivity index (χ1n) is 5.19. The highest BCUT2D eigenvalue weighted by Gasteiger charge is 2.03. The van der Waals surface area contributed by atoms with Crippen LogP contribution in [0.2, 0.25) is 0 Å². The summed E-state index contributed by atoms with van der Waals surface area (Å²) in [4.78, 5) is 11.4. The van der Waals surface area contributed by atoms with Crippen molar-refractivity contribution in [1.82, 2.24) is 5.32 Å². The molecule has 1 aromatic rings. The monoisotopic (exact) mass is 209 g/mol. The Bertz CT molecular complexity index is 325. The Hall–Kier alpha value is -1.22. The topological polar surface area (TPSA) is 29.1 Å². The number of carbonyl (C=O) groups excluding carboxylic acids is 1. The van der Waals surface area contributed by atoms with Crippen molar-refractivity contribution in [2.45, 2.75) is 19.8 Å². The van der Waals surface area contributed by atoms with E-state index in [1.807, 2.05) is 6.92 Å². The standard InChI is InChI=1S/C12H16FNO/c1-2-6-14-9-12(15)8-10-4-3-5-11(13)7-10/h3-5,7,14H,2,6,8-9H2,1H3. The zero-order chi connectivity index (χ0) is 11.1. The SMILES string of the molecule is CCCNCC(=O)Cc1cccc(F)c1. The molecule has 82 valence electrons. The number of benzene rings is 1. The molecule has 0 fully saturated rings. The maximum absolute atomic E-state index is 12.8. The van der Waals surface area contributed by atoms with Crippen LogP contribution in [0, 0.1) is 5.82 Å². The van der Waals surface area contributed by atoms with Crippen LogP contribution in [0.4, 0.5) is 4.39 Å². The summed E-state index contributed by atoms with van der Waals surface area (Å²) in [6, 6.07) is 6.17. The van der Waals surface area contributed by atoms with Crippen LogP contribution in [0.1, 0.15) is 18.9 Å². The lowest BCUT2D eigenvalue weighted by molar-refractivity contribution is -0.117. The van der Waals surface area contributed by atoms with E-state index >= 15 is 0 Å². The summed E-state index contributed by atoms with van der Waals surface area (Å²) in [6.07, 6.45) is 1.31. The lowest BCUT2D eigenvalue weighted by Gasteiger charge is -2.02. The van der Waals surface area contributed by atoms with Crippen molar-refractivity contribution in [3.63, 3.8) is 0 Å². The molecule has 1 aromatic carbocycles. The molecule has 0 saturated heterocycles. The number of ketones is 1. The lowest BCUT2D eigenvalue weighted by Crippen LogP contribution is -2.24. The first-order valence-corrected chi connectivity index (χ1v) is 5.19. The molecular formula is C12H16FNO. The summed E-state index contributed by atoms with van der Waals surface area (Å²) in [5.41, 5.74) is 0.735. The van der Waals surface area contributed by atoms with Crippen LogP contribution in [0.5, 0.6) is 0 Å². The van der Waals surface area contributed by atoms with Gasteiger partial charge in [0, 0.05) is 6.42 Å². The van der Waals surface area contributed by atoms with Crippen LogP contribution in [0.25, 0.3) is 0 Å². The molecule has 3 heteroatoms. The minimum absolute atomic E-state index is 0.0917. The number of Topliss-reactive ketones (excluding diaryl/α,β-unsaturated/α-hetero) is 1. The Balaban J connectivity index is 2.37. The molecule has 0 atom stereocenters. The summed E-state index contributed by atoms with van der Waals surface area (Å²) in [5, 5.41) is 3.03. The summed E-state index contributed by atoms with van der Waals surface area (Å²) < 4.78 is 12.8. The summed E-state index contributed by atoms with van der Waals surface area (Å²) in [6.45, 7) is 3.25. The van der Waals surface area contributed by atoms with E-state index in [9.17, 15) is 9.18 Å². The molecule has 2 nitrogen and oxygen atoms in total. The zero-order valence-electron chi connectivity index (χ0n) is 8.92. The van der Waals surface area contributed by atoms with Gasteiger partial charge in [-0.2, -0.15) is 0 Å². The fourth-order valence-corrected chi connectivity index (χ4v) is 1.34. The van der Waals surface area contributed by atoms with Gasteiger partial charge in [-0.25, -0.2) is 4.39 Å². The summed E-state index contributed by atoms with van der Waals surface area (Å²) >= 11 is 0. The highest BCUT2D eigenvalue weighted by Crippen LogP contribution is 2.04. The van der Waals surface area contributed by atoms with Crippen LogP contribution >= 0.6 is 0 Å². The minimum atomic E-state index is -0.290. The average Bonchev–Trinajstić information content (AvgIpc) is 2.18. The summed E-state index contributed by atoms with van der Waals surface area (Å²) in [5.74, 6) is -0.198. The van der Waals surface area contributed by atoms with Gasteiger partial charge in [0.05, 0.1) is 6.54 Å². The normalized spacial score (nSPS) is 10.3. The maximum atomic E-state index is 12.8. The zero-order valence-corrected chi connectivity index (χ0v) is 8.92. The molecule has 0 aromatic heterocycles. The largest absolute Gasteiger partial charge is 0.310 e. The van der Waals surface area contributed by atoms with Gasteiger partial charge in [-0.15, -0.1) is 0 Å². The third-order valence-electron chi connectivity index (χ3n) is 2.04. The van der Waals surface area contributed by atoms with Gasteiger partial charge in [-0.3, -0.25) is 4.79 Å². The average molecular weight is 209 g/mol. The Morgan fingerprint density at radius 3 is 2.93 bits per heavy atom. The maximum Gasteiger partial charge on any atom is 0.150 e. The first kappa shape index (κ1) is 11.9. The molecule has 0 aliphatic carbocycles. The van der Waals surface area contributed by atoms with Crippen molar-refractivity contribution in [2.24, 2.45) is 0 Å². The van der Waals surface area contributed by atoms with Gasteiger partial charge in [0.1, 0.15) is 5.82 Å². The van der Waals surface area contributed by atoms with E-state index in [0.717, 1.165) is 18.5 Å². The fourth-order valence-electron chi connectivity index (χ4n) is 1.34. The highest BCUT2D eigenvalue weighted by atomic mass is 19.1. The van der Waals surface area contributed by atoms with Crippen molar-refractivity contribution in [2.75, 3.05) is 13.1 Å². The number of halogens is 1. The molecule has 1 rings (SSSR count). The smallest absolute Gasteiger partial charge is 0.150 e. The van der Waals surface area contributed by atoms with E-state index in [1.54, 1.807) is 12.1 Å². The molecule has 0 saturated carbocycles. The highest BCUT2D eigenvalue weighted by molar-refractivity contribution is 5.82. The van der Waals surface area contributed by atoms with Crippen molar-refractivity contribution in [1.29, 1.82) is 0 Å². The molecule has 15 heavy (non-hydrogen) atoms. The molecule has 1 N–H and O–H groups in total. The van der Waals surface area contributed by atoms with Crippen LogP contribution in [-0.2, 0) is 11.2 Å². The van der Waals surface area contributed by atoms with E-state index in [0.29, 0.717) is 13.0 Å². The number of nitrogens with one attached hydrogen (secondary N) is 1. The molecule has 0 spiro atoms.